The van der Waals surface area contributed by atoms with Crippen LogP contribution in [-0.2, 0) is 6.54 Å². The molecule has 0 fully saturated rings. The second kappa shape index (κ2) is 6.98. The van der Waals surface area contributed by atoms with Crippen molar-refractivity contribution in [3.63, 3.8) is 0 Å². The van der Waals surface area contributed by atoms with Gasteiger partial charge in [-0.15, -0.1) is 0 Å². The molecule has 0 saturated heterocycles. The van der Waals surface area contributed by atoms with Crippen LogP contribution in [0.2, 0.25) is 5.02 Å². The standard InChI is InChI=1S/C20H22ClN3O/c1-25-19-4-2-3-18(11-19)24-13-16-9-10-23(14-20(16)22-24)12-15-5-7-17(21)8-6-15/h2-8,11,22H,9-10,12-14H2,1H3. The normalized spacial score (nSPS) is 17.4. The van der Waals surface area contributed by atoms with Gasteiger partial charge in [0.2, 0.25) is 0 Å². The zero-order valence-corrected chi connectivity index (χ0v) is 15.1. The highest BCUT2D eigenvalue weighted by atomic mass is 35.5. The molecule has 2 heterocycles. The van der Waals surface area contributed by atoms with Gasteiger partial charge in [-0.1, -0.05) is 29.8 Å². The molecule has 0 radical (unpaired) electrons. The van der Waals surface area contributed by atoms with Crippen LogP contribution in [0.4, 0.5) is 5.69 Å². The lowest BCUT2D eigenvalue weighted by molar-refractivity contribution is 0.275. The molecule has 0 aliphatic carbocycles. The Morgan fingerprint density at radius 2 is 1.96 bits per heavy atom. The largest absolute Gasteiger partial charge is 0.497 e. The van der Waals surface area contributed by atoms with Crippen LogP contribution in [0.1, 0.15) is 12.0 Å². The van der Waals surface area contributed by atoms with E-state index in [1.165, 1.54) is 16.8 Å². The van der Waals surface area contributed by atoms with Crippen molar-refractivity contribution in [2.24, 2.45) is 0 Å². The first kappa shape index (κ1) is 16.3. The first-order chi connectivity index (χ1) is 12.2. The van der Waals surface area contributed by atoms with Crippen LogP contribution in [0.5, 0.6) is 5.75 Å². The topological polar surface area (TPSA) is 27.7 Å². The predicted molar refractivity (Wildman–Crippen MR) is 102 cm³/mol. The van der Waals surface area contributed by atoms with Crippen LogP contribution in [-0.4, -0.2) is 31.6 Å². The SMILES string of the molecule is COc1cccc(N2CC3=C(CN(Cc4ccc(Cl)cc4)CC3)N2)c1. The molecular formula is C20H22ClN3O. The van der Waals surface area contributed by atoms with Crippen LogP contribution in [0.3, 0.4) is 0 Å². The summed E-state index contributed by atoms with van der Waals surface area (Å²) in [5.74, 6) is 0.883. The molecule has 0 saturated carbocycles. The third-order valence-electron chi connectivity index (χ3n) is 4.84. The number of hydrazine groups is 1. The Morgan fingerprint density at radius 1 is 1.12 bits per heavy atom. The first-order valence-corrected chi connectivity index (χ1v) is 8.95. The van der Waals surface area contributed by atoms with Crippen LogP contribution >= 0.6 is 11.6 Å². The first-order valence-electron chi connectivity index (χ1n) is 8.57. The third-order valence-corrected chi connectivity index (χ3v) is 5.09. The van der Waals surface area contributed by atoms with Crippen LogP contribution < -0.4 is 15.2 Å². The molecule has 0 amide bonds. The average molecular weight is 356 g/mol. The van der Waals surface area contributed by atoms with E-state index in [0.717, 1.165) is 49.1 Å². The molecule has 4 nitrogen and oxygen atoms in total. The van der Waals surface area contributed by atoms with E-state index >= 15 is 0 Å². The molecule has 2 aliphatic heterocycles. The fourth-order valence-corrected chi connectivity index (χ4v) is 3.58. The zero-order valence-electron chi connectivity index (χ0n) is 14.3. The Morgan fingerprint density at radius 3 is 2.76 bits per heavy atom. The number of nitrogens with one attached hydrogen (secondary N) is 1. The molecule has 130 valence electrons. The molecular weight excluding hydrogens is 334 g/mol. The van der Waals surface area contributed by atoms with Crippen LogP contribution in [0.15, 0.2) is 59.8 Å². The van der Waals surface area contributed by atoms with Crippen molar-refractivity contribution >= 4 is 17.3 Å². The van der Waals surface area contributed by atoms with E-state index < -0.39 is 0 Å². The number of hydrogen-bond acceptors (Lipinski definition) is 4. The Labute approximate surface area is 153 Å². The summed E-state index contributed by atoms with van der Waals surface area (Å²) < 4.78 is 5.34. The van der Waals surface area contributed by atoms with Crippen molar-refractivity contribution < 1.29 is 4.74 Å². The van der Waals surface area contributed by atoms with Crippen molar-refractivity contribution in [3.8, 4) is 5.75 Å². The van der Waals surface area contributed by atoms with E-state index in [0.29, 0.717) is 0 Å². The van der Waals surface area contributed by atoms with Gasteiger partial charge in [-0.3, -0.25) is 9.91 Å². The van der Waals surface area contributed by atoms with E-state index in [4.69, 9.17) is 16.3 Å². The number of halogens is 1. The summed E-state index contributed by atoms with van der Waals surface area (Å²) in [6.07, 6.45) is 1.11. The molecule has 2 aromatic rings. The number of nitrogens with zero attached hydrogens (tertiary/aromatic N) is 2. The molecule has 0 spiro atoms. The third kappa shape index (κ3) is 3.60. The van der Waals surface area contributed by atoms with Crippen molar-refractivity contribution in [2.45, 2.75) is 13.0 Å². The molecule has 5 heteroatoms. The van der Waals surface area contributed by atoms with Crippen molar-refractivity contribution in [1.29, 1.82) is 0 Å². The van der Waals surface area contributed by atoms with Gasteiger partial charge >= 0.3 is 0 Å². The van der Waals surface area contributed by atoms with Crippen LogP contribution in [0, 0.1) is 0 Å². The van der Waals surface area contributed by atoms with Crippen molar-refractivity contribution in [3.05, 3.63) is 70.4 Å². The highest BCUT2D eigenvalue weighted by Gasteiger charge is 2.27. The van der Waals surface area contributed by atoms with Gasteiger partial charge < -0.3 is 10.2 Å². The van der Waals surface area contributed by atoms with Gasteiger partial charge in [0, 0.05) is 36.4 Å². The highest BCUT2D eigenvalue weighted by molar-refractivity contribution is 6.30. The second-order valence-electron chi connectivity index (χ2n) is 6.57. The zero-order chi connectivity index (χ0) is 17.2. The van der Waals surface area contributed by atoms with E-state index in [2.05, 4.69) is 39.6 Å². The lowest BCUT2D eigenvalue weighted by Crippen LogP contribution is -2.36. The number of hydrogen-bond donors (Lipinski definition) is 1. The van der Waals surface area contributed by atoms with Gasteiger partial charge in [-0.2, -0.15) is 0 Å². The molecule has 25 heavy (non-hydrogen) atoms. The predicted octanol–water partition coefficient (Wildman–Crippen LogP) is 3.83. The van der Waals surface area contributed by atoms with E-state index in [1.807, 2.05) is 24.3 Å². The van der Waals surface area contributed by atoms with E-state index in [1.54, 1.807) is 7.11 Å². The van der Waals surface area contributed by atoms with Gasteiger partial charge in [0.25, 0.3) is 0 Å². The monoisotopic (exact) mass is 355 g/mol. The highest BCUT2D eigenvalue weighted by Crippen LogP contribution is 2.28. The summed E-state index contributed by atoms with van der Waals surface area (Å²) in [5.41, 5.74) is 8.86. The molecule has 2 aliphatic rings. The maximum atomic E-state index is 5.98. The summed E-state index contributed by atoms with van der Waals surface area (Å²) in [7, 11) is 1.70. The Hall–Kier alpha value is -2.17. The van der Waals surface area contributed by atoms with Crippen molar-refractivity contribution in [1.82, 2.24) is 10.3 Å². The number of rotatable bonds is 4. The maximum Gasteiger partial charge on any atom is 0.120 e. The number of ether oxygens (including phenoxy) is 1. The quantitative estimate of drug-likeness (QED) is 0.902. The lowest BCUT2D eigenvalue weighted by atomic mass is 10.1. The Kier molecular flexibility index (Phi) is 4.55. The average Bonchev–Trinajstić information content (AvgIpc) is 3.07. The second-order valence-corrected chi connectivity index (χ2v) is 7.01. The van der Waals surface area contributed by atoms with Gasteiger partial charge in [0.05, 0.1) is 19.3 Å². The molecule has 0 aromatic heterocycles. The summed E-state index contributed by atoms with van der Waals surface area (Å²) in [5, 5.41) is 3.00. The Balaban J connectivity index is 1.41. The summed E-state index contributed by atoms with van der Waals surface area (Å²) in [6, 6.07) is 16.3. The van der Waals surface area contributed by atoms with Gasteiger partial charge in [0.15, 0.2) is 0 Å². The number of anilines is 1. The Bertz CT molecular complexity index is 788. The fraction of sp³-hybridized carbons (Fsp3) is 0.300. The van der Waals surface area contributed by atoms with Gasteiger partial charge in [-0.05, 0) is 41.8 Å². The fourth-order valence-electron chi connectivity index (χ4n) is 3.46. The molecule has 4 rings (SSSR count). The molecule has 1 N–H and O–H groups in total. The molecule has 0 unspecified atom stereocenters. The van der Waals surface area contributed by atoms with E-state index in [9.17, 15) is 0 Å². The minimum absolute atomic E-state index is 0.791. The number of benzene rings is 2. The summed E-state index contributed by atoms with van der Waals surface area (Å²) in [4.78, 5) is 2.48. The minimum atomic E-state index is 0.791. The summed E-state index contributed by atoms with van der Waals surface area (Å²) >= 11 is 5.98. The smallest absolute Gasteiger partial charge is 0.120 e. The summed E-state index contributed by atoms with van der Waals surface area (Å²) in [6.45, 7) is 3.94. The molecule has 0 atom stereocenters. The minimum Gasteiger partial charge on any atom is -0.497 e. The molecule has 2 aromatic carbocycles. The van der Waals surface area contributed by atoms with Crippen LogP contribution in [0.25, 0.3) is 0 Å². The van der Waals surface area contributed by atoms with Gasteiger partial charge in [-0.25, -0.2) is 0 Å². The lowest BCUT2D eigenvalue weighted by Gasteiger charge is -2.27. The van der Waals surface area contributed by atoms with Crippen molar-refractivity contribution in [2.75, 3.05) is 31.8 Å². The molecule has 0 bridgehead atoms. The van der Waals surface area contributed by atoms with Gasteiger partial charge in [0.1, 0.15) is 5.75 Å². The maximum absolute atomic E-state index is 5.98. The van der Waals surface area contributed by atoms with E-state index in [-0.39, 0.29) is 0 Å². The number of methoxy groups -OCH3 is 1.